The Kier molecular flexibility index (Phi) is 3.96. The van der Waals surface area contributed by atoms with Crippen LogP contribution >= 0.6 is 0 Å². The zero-order valence-electron chi connectivity index (χ0n) is 11.7. The van der Waals surface area contributed by atoms with E-state index in [4.69, 9.17) is 9.47 Å². The molecule has 2 rings (SSSR count). The Labute approximate surface area is 114 Å². The summed E-state index contributed by atoms with van der Waals surface area (Å²) in [5.74, 6) is 1.60. The molecule has 0 aliphatic carbocycles. The average Bonchev–Trinajstić information content (AvgIpc) is 2.83. The van der Waals surface area contributed by atoms with E-state index in [1.54, 1.807) is 0 Å². The van der Waals surface area contributed by atoms with Crippen molar-refractivity contribution in [2.24, 2.45) is 0 Å². The fourth-order valence-electron chi connectivity index (χ4n) is 2.29. The Morgan fingerprint density at radius 1 is 1.37 bits per heavy atom. The summed E-state index contributed by atoms with van der Waals surface area (Å²) in [6.45, 7) is 6.34. The van der Waals surface area contributed by atoms with Crippen molar-refractivity contribution in [3.63, 3.8) is 0 Å². The van der Waals surface area contributed by atoms with Gasteiger partial charge in [0.1, 0.15) is 5.54 Å². The van der Waals surface area contributed by atoms with Crippen LogP contribution in [0, 0.1) is 11.3 Å². The van der Waals surface area contributed by atoms with Crippen molar-refractivity contribution in [3.8, 4) is 17.6 Å². The number of fused-ring (bicyclic) bond motifs is 1. The van der Waals surface area contributed by atoms with Gasteiger partial charge >= 0.3 is 0 Å². The van der Waals surface area contributed by atoms with E-state index in [-0.39, 0.29) is 0 Å². The Morgan fingerprint density at radius 3 is 2.79 bits per heavy atom. The third kappa shape index (κ3) is 3.39. The molecule has 1 aromatic rings. The number of hydrogen-bond donors (Lipinski definition) is 1. The summed E-state index contributed by atoms with van der Waals surface area (Å²) in [5.41, 5.74) is 0.668. The maximum absolute atomic E-state index is 9.31. The molecule has 19 heavy (non-hydrogen) atoms. The van der Waals surface area contributed by atoms with Crippen molar-refractivity contribution in [2.75, 3.05) is 6.79 Å². The van der Waals surface area contributed by atoms with Crippen LogP contribution in [0.5, 0.6) is 11.5 Å². The second-order valence-electron chi connectivity index (χ2n) is 5.43. The zero-order chi connectivity index (χ0) is 13.9. The Bertz CT molecular complexity index is 493. The van der Waals surface area contributed by atoms with E-state index in [2.05, 4.69) is 25.2 Å². The largest absolute Gasteiger partial charge is 0.454 e. The van der Waals surface area contributed by atoms with Gasteiger partial charge in [-0.15, -0.1) is 0 Å². The van der Waals surface area contributed by atoms with Crippen molar-refractivity contribution in [1.82, 2.24) is 5.32 Å². The number of aryl methyl sites for hydroxylation is 1. The van der Waals surface area contributed by atoms with Gasteiger partial charge in [0.15, 0.2) is 11.5 Å². The van der Waals surface area contributed by atoms with E-state index in [0.29, 0.717) is 12.8 Å². The third-order valence-electron chi connectivity index (χ3n) is 3.20. The number of nitriles is 1. The topological polar surface area (TPSA) is 54.3 Å². The molecule has 0 bridgehead atoms. The van der Waals surface area contributed by atoms with Crippen LogP contribution in [0.3, 0.4) is 0 Å². The average molecular weight is 260 g/mol. The molecule has 0 radical (unpaired) electrons. The van der Waals surface area contributed by atoms with Gasteiger partial charge in [0, 0.05) is 6.04 Å². The minimum atomic E-state index is -0.495. The quantitative estimate of drug-likeness (QED) is 0.884. The monoisotopic (exact) mass is 260 g/mol. The highest BCUT2D eigenvalue weighted by molar-refractivity contribution is 5.44. The molecule has 4 nitrogen and oxygen atoms in total. The second kappa shape index (κ2) is 5.50. The fourth-order valence-corrected chi connectivity index (χ4v) is 2.29. The molecule has 0 amide bonds. The predicted octanol–water partition coefficient (Wildman–Crippen LogP) is 2.63. The molecule has 1 aromatic carbocycles. The number of ether oxygens (including phenoxy) is 2. The minimum Gasteiger partial charge on any atom is -0.454 e. The summed E-state index contributed by atoms with van der Waals surface area (Å²) < 4.78 is 10.6. The van der Waals surface area contributed by atoms with E-state index in [1.807, 2.05) is 25.1 Å². The van der Waals surface area contributed by atoms with Crippen LogP contribution in [-0.2, 0) is 6.42 Å². The summed E-state index contributed by atoms with van der Waals surface area (Å²) in [4.78, 5) is 0. The van der Waals surface area contributed by atoms with Crippen LogP contribution in [0.1, 0.15) is 32.8 Å². The lowest BCUT2D eigenvalue weighted by Gasteiger charge is -2.25. The maximum atomic E-state index is 9.31. The smallest absolute Gasteiger partial charge is 0.231 e. The SMILES string of the molecule is CC(C)NC(C)(C#N)CCc1ccc2c(c1)OCO2. The highest BCUT2D eigenvalue weighted by Crippen LogP contribution is 2.33. The maximum Gasteiger partial charge on any atom is 0.231 e. The molecule has 1 heterocycles. The minimum absolute atomic E-state index is 0.293. The number of hydrogen-bond acceptors (Lipinski definition) is 4. The fraction of sp³-hybridized carbons (Fsp3) is 0.533. The van der Waals surface area contributed by atoms with Crippen LogP contribution in [0.25, 0.3) is 0 Å². The highest BCUT2D eigenvalue weighted by Gasteiger charge is 2.24. The molecule has 1 unspecified atom stereocenters. The van der Waals surface area contributed by atoms with E-state index < -0.39 is 5.54 Å². The number of rotatable bonds is 5. The first kappa shape index (κ1) is 13.7. The van der Waals surface area contributed by atoms with Gasteiger partial charge in [0.05, 0.1) is 6.07 Å². The Balaban J connectivity index is 2.00. The van der Waals surface area contributed by atoms with Gasteiger partial charge in [0.2, 0.25) is 6.79 Å². The molecule has 0 saturated carbocycles. The van der Waals surface area contributed by atoms with Crippen LogP contribution in [0.4, 0.5) is 0 Å². The predicted molar refractivity (Wildman–Crippen MR) is 73.2 cm³/mol. The molecule has 1 atom stereocenters. The van der Waals surface area contributed by atoms with Crippen molar-refractivity contribution in [2.45, 2.75) is 45.2 Å². The summed E-state index contributed by atoms with van der Waals surface area (Å²) in [5, 5.41) is 12.6. The van der Waals surface area contributed by atoms with Gasteiger partial charge in [-0.1, -0.05) is 6.07 Å². The summed E-state index contributed by atoms with van der Waals surface area (Å²) in [6, 6.07) is 8.61. The van der Waals surface area contributed by atoms with Gasteiger partial charge in [-0.2, -0.15) is 5.26 Å². The van der Waals surface area contributed by atoms with Gasteiger partial charge < -0.3 is 9.47 Å². The van der Waals surface area contributed by atoms with E-state index >= 15 is 0 Å². The van der Waals surface area contributed by atoms with Crippen LogP contribution in [-0.4, -0.2) is 18.4 Å². The molecule has 0 aromatic heterocycles. The van der Waals surface area contributed by atoms with Crippen molar-refractivity contribution < 1.29 is 9.47 Å². The van der Waals surface area contributed by atoms with Crippen LogP contribution in [0.15, 0.2) is 18.2 Å². The summed E-state index contributed by atoms with van der Waals surface area (Å²) >= 11 is 0. The van der Waals surface area contributed by atoms with Crippen LogP contribution < -0.4 is 14.8 Å². The van der Waals surface area contributed by atoms with Gasteiger partial charge in [-0.05, 0) is 51.3 Å². The first-order valence-electron chi connectivity index (χ1n) is 6.60. The summed E-state index contributed by atoms with van der Waals surface area (Å²) in [7, 11) is 0. The first-order valence-corrected chi connectivity index (χ1v) is 6.60. The van der Waals surface area contributed by atoms with Gasteiger partial charge in [-0.25, -0.2) is 0 Å². The molecule has 102 valence electrons. The van der Waals surface area contributed by atoms with Gasteiger partial charge in [-0.3, -0.25) is 5.32 Å². The lowest BCUT2D eigenvalue weighted by molar-refractivity contribution is 0.174. The van der Waals surface area contributed by atoms with Crippen LogP contribution in [0.2, 0.25) is 0 Å². The Hall–Kier alpha value is -1.73. The molecule has 1 N–H and O–H groups in total. The molecule has 1 aliphatic rings. The van der Waals surface area contributed by atoms with E-state index in [1.165, 1.54) is 0 Å². The van der Waals surface area contributed by atoms with Crippen molar-refractivity contribution in [3.05, 3.63) is 23.8 Å². The molecular formula is C15H20N2O2. The standard InChI is InChI=1S/C15H20N2O2/c1-11(2)17-15(3,9-16)7-6-12-4-5-13-14(8-12)19-10-18-13/h4-5,8,11,17H,6-7,10H2,1-3H3. The summed E-state index contributed by atoms with van der Waals surface area (Å²) in [6.07, 6.45) is 1.60. The second-order valence-corrected chi connectivity index (χ2v) is 5.43. The third-order valence-corrected chi connectivity index (χ3v) is 3.20. The molecule has 0 saturated heterocycles. The molecule has 4 heteroatoms. The van der Waals surface area contributed by atoms with Crippen molar-refractivity contribution >= 4 is 0 Å². The molecule has 0 fully saturated rings. The molecule has 0 spiro atoms. The molecule has 1 aliphatic heterocycles. The van der Waals surface area contributed by atoms with E-state index in [0.717, 1.165) is 29.9 Å². The number of nitrogens with zero attached hydrogens (tertiary/aromatic N) is 1. The Morgan fingerprint density at radius 2 is 2.11 bits per heavy atom. The highest BCUT2D eigenvalue weighted by atomic mass is 16.7. The number of benzene rings is 1. The lowest BCUT2D eigenvalue weighted by atomic mass is 9.94. The zero-order valence-corrected chi connectivity index (χ0v) is 11.7. The lowest BCUT2D eigenvalue weighted by Crippen LogP contribution is -2.45. The first-order chi connectivity index (χ1) is 9.02. The normalized spacial score (nSPS) is 16.2. The number of nitrogens with one attached hydrogen (secondary N) is 1. The molecular weight excluding hydrogens is 240 g/mol. The van der Waals surface area contributed by atoms with Crippen molar-refractivity contribution in [1.29, 1.82) is 5.26 Å². The van der Waals surface area contributed by atoms with E-state index in [9.17, 15) is 5.26 Å². The van der Waals surface area contributed by atoms with Gasteiger partial charge in [0.25, 0.3) is 0 Å².